The van der Waals surface area contributed by atoms with Crippen molar-refractivity contribution < 1.29 is 4.79 Å². The minimum atomic E-state index is 0.218. The summed E-state index contributed by atoms with van der Waals surface area (Å²) in [5.41, 5.74) is 2.69. The highest BCUT2D eigenvalue weighted by molar-refractivity contribution is 5.78. The van der Waals surface area contributed by atoms with Gasteiger partial charge in [-0.05, 0) is 44.8 Å². The van der Waals surface area contributed by atoms with Gasteiger partial charge in [-0.1, -0.05) is 36.8 Å². The normalized spacial score (nSPS) is 17.1. The average Bonchev–Trinajstić information content (AvgIpc) is 2.45. The fourth-order valence-corrected chi connectivity index (χ4v) is 2.81. The summed E-state index contributed by atoms with van der Waals surface area (Å²) < 4.78 is 0. The predicted octanol–water partition coefficient (Wildman–Crippen LogP) is 2.73. The van der Waals surface area contributed by atoms with E-state index in [4.69, 9.17) is 0 Å². The number of amides is 1. The van der Waals surface area contributed by atoms with Crippen molar-refractivity contribution in [3.63, 3.8) is 0 Å². The van der Waals surface area contributed by atoms with Crippen molar-refractivity contribution in [1.82, 2.24) is 10.2 Å². The maximum atomic E-state index is 11.9. The number of piperidine rings is 1. The molecule has 1 saturated heterocycles. The summed E-state index contributed by atoms with van der Waals surface area (Å²) in [6.45, 7) is 8.09. The van der Waals surface area contributed by atoms with Gasteiger partial charge < -0.3 is 5.32 Å². The number of rotatable bonds is 5. The zero-order valence-electron chi connectivity index (χ0n) is 12.7. The summed E-state index contributed by atoms with van der Waals surface area (Å²) in [7, 11) is 0. The molecule has 0 spiro atoms. The molecule has 1 aliphatic rings. The number of likely N-dealkylation sites (tertiary alicyclic amines) is 1. The van der Waals surface area contributed by atoms with Crippen LogP contribution in [0.25, 0.3) is 0 Å². The van der Waals surface area contributed by atoms with Crippen molar-refractivity contribution in [2.45, 2.75) is 39.7 Å². The Kier molecular flexibility index (Phi) is 5.60. The summed E-state index contributed by atoms with van der Waals surface area (Å²) in [6, 6.07) is 8.69. The molecule has 3 nitrogen and oxygen atoms in total. The van der Waals surface area contributed by atoms with Gasteiger partial charge in [0.25, 0.3) is 0 Å². The molecule has 1 fully saturated rings. The zero-order chi connectivity index (χ0) is 14.4. The largest absolute Gasteiger partial charge is 0.356 e. The third kappa shape index (κ3) is 4.34. The maximum Gasteiger partial charge on any atom is 0.223 e. The first-order chi connectivity index (χ1) is 9.69. The Morgan fingerprint density at radius 1 is 1.35 bits per heavy atom. The molecule has 1 aromatic carbocycles. The van der Waals surface area contributed by atoms with Crippen molar-refractivity contribution in [1.29, 1.82) is 0 Å². The third-order valence-electron chi connectivity index (χ3n) is 4.00. The van der Waals surface area contributed by atoms with Crippen LogP contribution in [0.4, 0.5) is 0 Å². The number of hydrogen-bond acceptors (Lipinski definition) is 2. The van der Waals surface area contributed by atoms with Gasteiger partial charge in [0.15, 0.2) is 0 Å². The first kappa shape index (κ1) is 15.0. The van der Waals surface area contributed by atoms with Crippen molar-refractivity contribution >= 4 is 5.91 Å². The van der Waals surface area contributed by atoms with E-state index < -0.39 is 0 Å². The third-order valence-corrected chi connectivity index (χ3v) is 4.00. The molecule has 0 bridgehead atoms. The van der Waals surface area contributed by atoms with Crippen LogP contribution in [0.2, 0.25) is 0 Å². The molecule has 0 aromatic heterocycles. The standard InChI is InChI=1S/C17H26N2O/c1-3-9-18-17(20)16-7-10-19(11-8-16)13-15-6-4-5-14(2)12-15/h4-6,12,16H,3,7-11,13H2,1-2H3,(H,18,20). The highest BCUT2D eigenvalue weighted by Gasteiger charge is 2.24. The molecule has 110 valence electrons. The van der Waals surface area contributed by atoms with E-state index in [-0.39, 0.29) is 11.8 Å². The Labute approximate surface area is 122 Å². The van der Waals surface area contributed by atoms with E-state index in [0.29, 0.717) is 0 Å². The smallest absolute Gasteiger partial charge is 0.223 e. The van der Waals surface area contributed by atoms with Crippen LogP contribution in [0.1, 0.15) is 37.3 Å². The summed E-state index contributed by atoms with van der Waals surface area (Å²) in [5.74, 6) is 0.470. The number of carbonyl (C=O) groups is 1. The Bertz CT molecular complexity index is 436. The number of nitrogens with zero attached hydrogens (tertiary/aromatic N) is 1. The Hall–Kier alpha value is -1.35. The Morgan fingerprint density at radius 3 is 2.75 bits per heavy atom. The molecule has 2 rings (SSSR count). The Morgan fingerprint density at radius 2 is 2.10 bits per heavy atom. The monoisotopic (exact) mass is 274 g/mol. The fourth-order valence-electron chi connectivity index (χ4n) is 2.81. The number of carbonyl (C=O) groups excluding carboxylic acids is 1. The van der Waals surface area contributed by atoms with Crippen LogP contribution >= 0.6 is 0 Å². The number of nitrogens with one attached hydrogen (secondary N) is 1. The molecule has 1 aromatic rings. The average molecular weight is 274 g/mol. The van der Waals surface area contributed by atoms with Crippen molar-refractivity contribution in [3.05, 3.63) is 35.4 Å². The summed E-state index contributed by atoms with van der Waals surface area (Å²) in [6.07, 6.45) is 2.99. The molecule has 20 heavy (non-hydrogen) atoms. The molecule has 1 amide bonds. The molecular formula is C17H26N2O. The minimum Gasteiger partial charge on any atom is -0.356 e. The van der Waals surface area contributed by atoms with E-state index in [2.05, 4.69) is 48.3 Å². The van der Waals surface area contributed by atoms with Gasteiger partial charge in [0.2, 0.25) is 5.91 Å². The number of hydrogen-bond donors (Lipinski definition) is 1. The lowest BCUT2D eigenvalue weighted by Crippen LogP contribution is -2.40. The van der Waals surface area contributed by atoms with Crippen LogP contribution in [-0.4, -0.2) is 30.4 Å². The van der Waals surface area contributed by atoms with Gasteiger partial charge in [-0.15, -0.1) is 0 Å². The summed E-state index contributed by atoms with van der Waals surface area (Å²) >= 11 is 0. The summed E-state index contributed by atoms with van der Waals surface area (Å²) in [4.78, 5) is 14.4. The predicted molar refractivity (Wildman–Crippen MR) is 82.5 cm³/mol. The SMILES string of the molecule is CCCNC(=O)C1CCN(Cc2cccc(C)c2)CC1. The number of benzene rings is 1. The maximum absolute atomic E-state index is 11.9. The lowest BCUT2D eigenvalue weighted by molar-refractivity contribution is -0.126. The van der Waals surface area contributed by atoms with E-state index in [9.17, 15) is 4.79 Å². The highest BCUT2D eigenvalue weighted by atomic mass is 16.1. The van der Waals surface area contributed by atoms with E-state index in [1.54, 1.807) is 0 Å². The van der Waals surface area contributed by atoms with Gasteiger partial charge in [0.05, 0.1) is 0 Å². The molecular weight excluding hydrogens is 248 g/mol. The topological polar surface area (TPSA) is 32.3 Å². The van der Waals surface area contributed by atoms with Crippen molar-refractivity contribution in [3.8, 4) is 0 Å². The molecule has 0 saturated carbocycles. The lowest BCUT2D eigenvalue weighted by atomic mass is 9.95. The second-order valence-electron chi connectivity index (χ2n) is 5.83. The van der Waals surface area contributed by atoms with Gasteiger partial charge in [-0.3, -0.25) is 9.69 Å². The lowest BCUT2D eigenvalue weighted by Gasteiger charge is -2.31. The van der Waals surface area contributed by atoms with Crippen LogP contribution in [0.15, 0.2) is 24.3 Å². The van der Waals surface area contributed by atoms with Gasteiger partial charge in [0, 0.05) is 19.0 Å². The van der Waals surface area contributed by atoms with E-state index in [1.165, 1.54) is 11.1 Å². The molecule has 1 N–H and O–H groups in total. The van der Waals surface area contributed by atoms with Crippen molar-refractivity contribution in [2.75, 3.05) is 19.6 Å². The molecule has 3 heteroatoms. The molecule has 0 unspecified atom stereocenters. The highest BCUT2D eigenvalue weighted by Crippen LogP contribution is 2.19. The van der Waals surface area contributed by atoms with E-state index >= 15 is 0 Å². The van der Waals surface area contributed by atoms with Crippen molar-refractivity contribution in [2.24, 2.45) is 5.92 Å². The minimum absolute atomic E-state index is 0.218. The first-order valence-electron chi connectivity index (χ1n) is 7.74. The zero-order valence-corrected chi connectivity index (χ0v) is 12.7. The first-order valence-corrected chi connectivity index (χ1v) is 7.74. The van der Waals surface area contributed by atoms with Gasteiger partial charge in [0.1, 0.15) is 0 Å². The second-order valence-corrected chi connectivity index (χ2v) is 5.83. The second kappa shape index (κ2) is 7.44. The van der Waals surface area contributed by atoms with Crippen LogP contribution in [0, 0.1) is 12.8 Å². The molecule has 0 radical (unpaired) electrons. The van der Waals surface area contributed by atoms with E-state index in [1.807, 2.05) is 0 Å². The molecule has 1 heterocycles. The summed E-state index contributed by atoms with van der Waals surface area (Å²) in [5, 5.41) is 3.02. The van der Waals surface area contributed by atoms with Crippen LogP contribution in [-0.2, 0) is 11.3 Å². The van der Waals surface area contributed by atoms with E-state index in [0.717, 1.165) is 45.4 Å². The Balaban J connectivity index is 1.78. The van der Waals surface area contributed by atoms with Gasteiger partial charge >= 0.3 is 0 Å². The van der Waals surface area contributed by atoms with Crippen LogP contribution < -0.4 is 5.32 Å². The molecule has 1 aliphatic heterocycles. The van der Waals surface area contributed by atoms with Gasteiger partial charge in [-0.25, -0.2) is 0 Å². The molecule has 0 aliphatic carbocycles. The number of aryl methyl sites for hydroxylation is 1. The quantitative estimate of drug-likeness (QED) is 0.895. The molecule has 0 atom stereocenters. The van der Waals surface area contributed by atoms with Crippen LogP contribution in [0.3, 0.4) is 0 Å². The van der Waals surface area contributed by atoms with Gasteiger partial charge in [-0.2, -0.15) is 0 Å². The van der Waals surface area contributed by atoms with Crippen LogP contribution in [0.5, 0.6) is 0 Å². The fraction of sp³-hybridized carbons (Fsp3) is 0.588.